The second-order valence-corrected chi connectivity index (χ2v) is 7.32. The van der Waals surface area contributed by atoms with Crippen LogP contribution in [-0.4, -0.2) is 23.2 Å². The number of aliphatic carboxylic acids is 1. The highest BCUT2D eigenvalue weighted by atomic mass is 19.1. The lowest BCUT2D eigenvalue weighted by atomic mass is 9.85. The molecular weight excluding hydrogens is 430 g/mol. The fourth-order valence-electron chi connectivity index (χ4n) is 3.55. The first-order valence-corrected chi connectivity index (χ1v) is 9.93. The van der Waals surface area contributed by atoms with Crippen molar-refractivity contribution in [1.82, 2.24) is 5.43 Å². The maximum Gasteiger partial charge on any atom is 0.314 e. The summed E-state index contributed by atoms with van der Waals surface area (Å²) in [6.45, 7) is 1.25. The molecule has 0 fully saturated rings. The van der Waals surface area contributed by atoms with E-state index in [-0.39, 0.29) is 27.9 Å². The van der Waals surface area contributed by atoms with Crippen molar-refractivity contribution in [3.8, 4) is 11.1 Å². The van der Waals surface area contributed by atoms with Crippen LogP contribution in [-0.2, 0) is 11.2 Å². The van der Waals surface area contributed by atoms with Crippen LogP contribution in [0.3, 0.4) is 0 Å². The molecule has 0 aliphatic heterocycles. The van der Waals surface area contributed by atoms with Gasteiger partial charge < -0.3 is 16.3 Å². The number of anilines is 1. The molecule has 0 amide bonds. The molecular formula is C24H22F2N4O3. The fraction of sp³-hybridized carbons (Fsp3) is 0.125. The van der Waals surface area contributed by atoms with Crippen LogP contribution in [0.25, 0.3) is 11.1 Å². The Balaban J connectivity index is 2.11. The maximum atomic E-state index is 15.2. The topological polar surface area (TPSA) is 131 Å². The van der Waals surface area contributed by atoms with Crippen molar-refractivity contribution in [2.75, 3.05) is 5.73 Å². The molecule has 1 unspecified atom stereocenters. The molecule has 1 atom stereocenters. The van der Waals surface area contributed by atoms with Crippen LogP contribution < -0.4 is 17.0 Å². The first kappa shape index (κ1) is 23.6. The molecule has 0 radical (unpaired) electrons. The summed E-state index contributed by atoms with van der Waals surface area (Å²) in [6.07, 6.45) is 0.694. The van der Waals surface area contributed by atoms with Gasteiger partial charge >= 0.3 is 5.97 Å². The highest BCUT2D eigenvalue weighted by molar-refractivity contribution is 6.09. The largest absolute Gasteiger partial charge is 0.481 e. The lowest BCUT2D eigenvalue weighted by molar-refractivity contribution is -0.139. The van der Waals surface area contributed by atoms with Gasteiger partial charge in [-0.2, -0.15) is 0 Å². The Bertz CT molecular complexity index is 1230. The standard InChI is InChI=1S/C24H22F2N4O3/c1-13-20(25)19(14-6-3-2-4-7-14)17(22(27)21(13)26)11-18(24(32)33)23(31)15-8-5-9-16(10-15)29-12-30-28/h2-10,12,18H,11,27-28H2,1H3,(H,29,30)(H,32,33). The molecule has 0 saturated carbocycles. The Labute approximate surface area is 188 Å². The van der Waals surface area contributed by atoms with Crippen LogP contribution in [0.2, 0.25) is 0 Å². The number of carbonyl (C=O) groups is 2. The SMILES string of the molecule is Cc1c(F)c(N)c(CC(C(=O)O)C(=O)c2cccc(N=CNN)c2)c(-c2ccccc2)c1F. The summed E-state index contributed by atoms with van der Waals surface area (Å²) in [5, 5.41) is 9.82. The number of carboxylic acid groups (broad SMARTS) is 1. The number of benzene rings is 3. The van der Waals surface area contributed by atoms with Gasteiger partial charge in [-0.3, -0.25) is 9.59 Å². The molecule has 33 heavy (non-hydrogen) atoms. The van der Waals surface area contributed by atoms with Crippen molar-refractivity contribution in [1.29, 1.82) is 0 Å². The third kappa shape index (κ3) is 4.88. The minimum Gasteiger partial charge on any atom is -0.481 e. The molecule has 3 rings (SSSR count). The molecule has 3 aromatic rings. The van der Waals surface area contributed by atoms with Gasteiger partial charge in [0.25, 0.3) is 0 Å². The van der Waals surface area contributed by atoms with Gasteiger partial charge in [0.05, 0.1) is 11.4 Å². The summed E-state index contributed by atoms with van der Waals surface area (Å²) in [4.78, 5) is 29.2. The molecule has 0 aliphatic carbocycles. The molecule has 3 aromatic carbocycles. The third-order valence-electron chi connectivity index (χ3n) is 5.25. The number of nitrogens with zero attached hydrogens (tertiary/aromatic N) is 1. The van der Waals surface area contributed by atoms with Crippen LogP contribution in [0, 0.1) is 24.5 Å². The van der Waals surface area contributed by atoms with Crippen LogP contribution in [0.4, 0.5) is 20.2 Å². The van der Waals surface area contributed by atoms with Gasteiger partial charge in [-0.1, -0.05) is 42.5 Å². The number of nitrogens with two attached hydrogens (primary N) is 2. The highest BCUT2D eigenvalue weighted by Gasteiger charge is 2.32. The van der Waals surface area contributed by atoms with E-state index < -0.39 is 35.7 Å². The number of nitrogen functional groups attached to an aromatic ring is 1. The second kappa shape index (κ2) is 10.0. The summed E-state index contributed by atoms with van der Waals surface area (Å²) in [6, 6.07) is 14.2. The Morgan fingerprint density at radius 3 is 2.45 bits per heavy atom. The third-order valence-corrected chi connectivity index (χ3v) is 5.25. The van der Waals surface area contributed by atoms with E-state index in [0.717, 1.165) is 0 Å². The quantitative estimate of drug-likeness (QED) is 0.0783. The number of hydrazine groups is 1. The Morgan fingerprint density at radius 2 is 1.82 bits per heavy atom. The number of aliphatic imine (C=N–C) groups is 1. The van der Waals surface area contributed by atoms with Crippen LogP contribution in [0.15, 0.2) is 59.6 Å². The van der Waals surface area contributed by atoms with Crippen molar-refractivity contribution >= 4 is 29.5 Å². The molecule has 6 N–H and O–H groups in total. The normalized spacial score (nSPS) is 12.0. The van der Waals surface area contributed by atoms with E-state index in [4.69, 9.17) is 11.6 Å². The monoisotopic (exact) mass is 452 g/mol. The van der Waals surface area contributed by atoms with Crippen molar-refractivity contribution < 1.29 is 23.5 Å². The van der Waals surface area contributed by atoms with Crippen molar-refractivity contribution in [3.63, 3.8) is 0 Å². The number of carbonyl (C=O) groups excluding carboxylic acids is 1. The Kier molecular flexibility index (Phi) is 7.14. The summed E-state index contributed by atoms with van der Waals surface area (Å²) < 4.78 is 29.8. The summed E-state index contributed by atoms with van der Waals surface area (Å²) in [5.41, 5.74) is 8.24. The van der Waals surface area contributed by atoms with Gasteiger partial charge in [-0.05, 0) is 36.6 Å². The number of hydrogen-bond acceptors (Lipinski definition) is 5. The molecule has 0 heterocycles. The van der Waals surface area contributed by atoms with E-state index in [2.05, 4.69) is 10.4 Å². The zero-order valence-electron chi connectivity index (χ0n) is 17.7. The van der Waals surface area contributed by atoms with Gasteiger partial charge in [-0.15, -0.1) is 0 Å². The van der Waals surface area contributed by atoms with E-state index in [1.165, 1.54) is 31.5 Å². The van der Waals surface area contributed by atoms with Crippen LogP contribution in [0.5, 0.6) is 0 Å². The zero-order chi connectivity index (χ0) is 24.1. The molecule has 0 spiro atoms. The fourth-order valence-corrected chi connectivity index (χ4v) is 3.55. The number of halogens is 2. The summed E-state index contributed by atoms with van der Waals surface area (Å²) in [7, 11) is 0. The highest BCUT2D eigenvalue weighted by Crippen LogP contribution is 2.37. The zero-order valence-corrected chi connectivity index (χ0v) is 17.7. The lowest BCUT2D eigenvalue weighted by Gasteiger charge is -2.20. The van der Waals surface area contributed by atoms with E-state index >= 15 is 4.39 Å². The van der Waals surface area contributed by atoms with E-state index in [1.54, 1.807) is 36.4 Å². The van der Waals surface area contributed by atoms with Crippen molar-refractivity contribution in [2.45, 2.75) is 13.3 Å². The Hall–Kier alpha value is -4.11. The predicted octanol–water partition coefficient (Wildman–Crippen LogP) is 3.77. The average molecular weight is 452 g/mol. The number of rotatable bonds is 8. The second-order valence-electron chi connectivity index (χ2n) is 7.32. The number of nitrogens with one attached hydrogen (secondary N) is 1. The van der Waals surface area contributed by atoms with E-state index in [0.29, 0.717) is 11.3 Å². The molecule has 0 aromatic heterocycles. The summed E-state index contributed by atoms with van der Waals surface area (Å²) >= 11 is 0. The van der Waals surface area contributed by atoms with Gasteiger partial charge in [-0.25, -0.2) is 19.6 Å². The van der Waals surface area contributed by atoms with Gasteiger partial charge in [0.15, 0.2) is 11.6 Å². The van der Waals surface area contributed by atoms with Crippen LogP contribution in [0.1, 0.15) is 21.5 Å². The molecule has 0 aliphatic rings. The van der Waals surface area contributed by atoms with E-state index in [1.807, 2.05) is 0 Å². The predicted molar refractivity (Wildman–Crippen MR) is 122 cm³/mol. The first-order valence-electron chi connectivity index (χ1n) is 9.93. The van der Waals surface area contributed by atoms with Crippen LogP contribution >= 0.6 is 0 Å². The minimum atomic E-state index is -1.64. The number of ketones is 1. The van der Waals surface area contributed by atoms with E-state index in [9.17, 15) is 19.1 Å². The smallest absolute Gasteiger partial charge is 0.314 e. The molecule has 0 saturated heterocycles. The molecule has 0 bridgehead atoms. The maximum absolute atomic E-state index is 15.2. The number of hydrogen-bond donors (Lipinski definition) is 4. The van der Waals surface area contributed by atoms with Crippen molar-refractivity contribution in [2.24, 2.45) is 16.8 Å². The average Bonchev–Trinajstić information content (AvgIpc) is 2.82. The van der Waals surface area contributed by atoms with Gasteiger partial charge in [0, 0.05) is 16.7 Å². The lowest BCUT2D eigenvalue weighted by Crippen LogP contribution is -2.27. The molecule has 7 nitrogen and oxygen atoms in total. The van der Waals surface area contributed by atoms with Gasteiger partial charge in [0.1, 0.15) is 18.1 Å². The number of carboxylic acids is 1. The number of Topliss-reactive ketones (excluding diaryl/α,β-unsaturated/α-hetero) is 1. The summed E-state index contributed by atoms with van der Waals surface area (Å²) in [5.74, 6) is -0.529. The minimum absolute atomic E-state index is 0.0292. The Morgan fingerprint density at radius 1 is 1.12 bits per heavy atom. The van der Waals surface area contributed by atoms with Crippen molar-refractivity contribution in [3.05, 3.63) is 82.9 Å². The molecule has 170 valence electrons. The first-order chi connectivity index (χ1) is 15.8. The van der Waals surface area contributed by atoms with Gasteiger partial charge in [0.2, 0.25) is 0 Å². The molecule has 9 heteroatoms.